The molecule has 3 aromatic rings. The van der Waals surface area contributed by atoms with Crippen LogP contribution in [0, 0.1) is 6.92 Å². The SMILES string of the molecule is Cc1ccc(CNC(=O)c2cc(=O)[nH]c3ccc(S(=O)(=O)N4CCCCCC4)cc23)cc1. The maximum Gasteiger partial charge on any atom is 0.252 e. The van der Waals surface area contributed by atoms with Crippen molar-refractivity contribution in [2.24, 2.45) is 0 Å². The summed E-state index contributed by atoms with van der Waals surface area (Å²) >= 11 is 0. The fraction of sp³-hybridized carbons (Fsp3) is 0.333. The summed E-state index contributed by atoms with van der Waals surface area (Å²) in [4.78, 5) is 27.9. The first-order valence-corrected chi connectivity index (χ1v) is 12.3. The molecule has 2 aromatic carbocycles. The van der Waals surface area contributed by atoms with Crippen LogP contribution in [-0.2, 0) is 16.6 Å². The highest BCUT2D eigenvalue weighted by Crippen LogP contribution is 2.25. The molecule has 1 fully saturated rings. The normalized spacial score (nSPS) is 15.4. The van der Waals surface area contributed by atoms with Crippen LogP contribution in [0.15, 0.2) is 58.2 Å². The van der Waals surface area contributed by atoms with Gasteiger partial charge in [-0.1, -0.05) is 42.7 Å². The van der Waals surface area contributed by atoms with Crippen LogP contribution < -0.4 is 10.9 Å². The molecule has 0 bridgehead atoms. The van der Waals surface area contributed by atoms with Crippen molar-refractivity contribution in [1.82, 2.24) is 14.6 Å². The monoisotopic (exact) mass is 453 g/mol. The molecule has 2 heterocycles. The molecule has 0 unspecified atom stereocenters. The first-order valence-electron chi connectivity index (χ1n) is 10.9. The highest BCUT2D eigenvalue weighted by molar-refractivity contribution is 7.89. The minimum Gasteiger partial charge on any atom is -0.348 e. The number of benzene rings is 2. The minimum absolute atomic E-state index is 0.131. The molecule has 0 aliphatic carbocycles. The van der Waals surface area contributed by atoms with Crippen molar-refractivity contribution in [2.75, 3.05) is 13.1 Å². The number of fused-ring (bicyclic) bond motifs is 1. The molecule has 1 aliphatic rings. The number of hydrogen-bond donors (Lipinski definition) is 2. The molecular formula is C24H27N3O4S. The topological polar surface area (TPSA) is 99.3 Å². The van der Waals surface area contributed by atoms with Crippen LogP contribution >= 0.6 is 0 Å². The van der Waals surface area contributed by atoms with Gasteiger partial charge in [0.25, 0.3) is 5.91 Å². The lowest BCUT2D eigenvalue weighted by Crippen LogP contribution is -2.32. The molecule has 1 aromatic heterocycles. The number of carbonyl (C=O) groups is 1. The number of rotatable bonds is 5. The van der Waals surface area contributed by atoms with E-state index in [1.54, 1.807) is 6.07 Å². The van der Waals surface area contributed by atoms with Gasteiger partial charge in [-0.3, -0.25) is 9.59 Å². The van der Waals surface area contributed by atoms with Gasteiger partial charge in [0.05, 0.1) is 10.5 Å². The van der Waals surface area contributed by atoms with E-state index in [1.165, 1.54) is 22.5 Å². The quantitative estimate of drug-likeness (QED) is 0.619. The van der Waals surface area contributed by atoms with E-state index in [0.29, 0.717) is 30.5 Å². The van der Waals surface area contributed by atoms with Crippen molar-refractivity contribution in [3.05, 3.63) is 75.6 Å². The minimum atomic E-state index is -3.68. The Labute approximate surface area is 187 Å². The Kier molecular flexibility index (Phi) is 6.43. The summed E-state index contributed by atoms with van der Waals surface area (Å²) in [5, 5.41) is 3.24. The number of aryl methyl sites for hydroxylation is 1. The van der Waals surface area contributed by atoms with Crippen molar-refractivity contribution >= 4 is 26.8 Å². The Bertz CT molecular complexity index is 1290. The first-order chi connectivity index (χ1) is 15.3. The fourth-order valence-electron chi connectivity index (χ4n) is 4.00. The molecule has 0 saturated carbocycles. The number of hydrogen-bond acceptors (Lipinski definition) is 4. The zero-order valence-electron chi connectivity index (χ0n) is 18.1. The summed E-state index contributed by atoms with van der Waals surface area (Å²) in [5.74, 6) is -0.425. The number of H-pyrrole nitrogens is 1. The third-order valence-electron chi connectivity index (χ3n) is 5.84. The standard InChI is InChI=1S/C24H27N3O4S/c1-17-6-8-18(9-7-17)16-25-24(29)21-15-23(28)26-22-11-10-19(14-20(21)22)32(30,31)27-12-4-2-3-5-13-27/h6-11,14-15H,2-5,12-13,16H2,1H3,(H,25,29)(H,26,28). The van der Waals surface area contributed by atoms with E-state index in [1.807, 2.05) is 31.2 Å². The van der Waals surface area contributed by atoms with Crippen LogP contribution in [0.1, 0.15) is 47.2 Å². The number of nitrogens with zero attached hydrogens (tertiary/aromatic N) is 1. The lowest BCUT2D eigenvalue weighted by atomic mass is 10.1. The van der Waals surface area contributed by atoms with Gasteiger partial charge in [0.2, 0.25) is 15.6 Å². The highest BCUT2D eigenvalue weighted by Gasteiger charge is 2.26. The second-order valence-electron chi connectivity index (χ2n) is 8.24. The predicted octanol–water partition coefficient (Wildman–Crippen LogP) is 3.33. The summed E-state index contributed by atoms with van der Waals surface area (Å²) in [5.41, 5.74) is 2.22. The summed E-state index contributed by atoms with van der Waals surface area (Å²) < 4.78 is 28.0. The zero-order valence-corrected chi connectivity index (χ0v) is 18.9. The van der Waals surface area contributed by atoms with Crippen LogP contribution in [-0.4, -0.2) is 36.7 Å². The molecule has 1 saturated heterocycles. The summed E-state index contributed by atoms with van der Waals surface area (Å²) in [7, 11) is -3.68. The van der Waals surface area contributed by atoms with Gasteiger partial charge in [0, 0.05) is 36.6 Å². The van der Waals surface area contributed by atoms with E-state index < -0.39 is 21.5 Å². The Morgan fingerprint density at radius 1 is 1.00 bits per heavy atom. The van der Waals surface area contributed by atoms with E-state index in [2.05, 4.69) is 10.3 Å². The first kappa shape index (κ1) is 22.2. The molecule has 1 amide bonds. The number of amides is 1. The molecule has 0 radical (unpaired) electrons. The summed E-state index contributed by atoms with van der Waals surface area (Å²) in [6, 6.07) is 13.5. The molecule has 4 rings (SSSR count). The van der Waals surface area contributed by atoms with Crippen molar-refractivity contribution in [1.29, 1.82) is 0 Å². The average Bonchev–Trinajstić information content (AvgIpc) is 3.08. The third kappa shape index (κ3) is 4.76. The van der Waals surface area contributed by atoms with Crippen LogP contribution in [0.3, 0.4) is 0 Å². The summed E-state index contributed by atoms with van der Waals surface area (Å²) in [6.07, 6.45) is 3.73. The van der Waals surface area contributed by atoms with Crippen LogP contribution in [0.25, 0.3) is 10.9 Å². The molecular weight excluding hydrogens is 426 g/mol. The number of aromatic amines is 1. The molecule has 0 atom stereocenters. The van der Waals surface area contributed by atoms with Crippen LogP contribution in [0.4, 0.5) is 0 Å². The van der Waals surface area contributed by atoms with Gasteiger partial charge in [0.1, 0.15) is 0 Å². The van der Waals surface area contributed by atoms with Crippen LogP contribution in [0.5, 0.6) is 0 Å². The van der Waals surface area contributed by atoms with E-state index in [9.17, 15) is 18.0 Å². The number of sulfonamides is 1. The van der Waals surface area contributed by atoms with Crippen molar-refractivity contribution in [2.45, 2.75) is 44.0 Å². The molecule has 8 heteroatoms. The molecule has 7 nitrogen and oxygen atoms in total. The van der Waals surface area contributed by atoms with Gasteiger partial charge >= 0.3 is 0 Å². The van der Waals surface area contributed by atoms with Crippen molar-refractivity contribution < 1.29 is 13.2 Å². The molecule has 2 N–H and O–H groups in total. The Hall–Kier alpha value is -2.97. The van der Waals surface area contributed by atoms with E-state index in [4.69, 9.17) is 0 Å². The maximum atomic E-state index is 13.2. The van der Waals surface area contributed by atoms with E-state index in [-0.39, 0.29) is 10.5 Å². The Balaban J connectivity index is 1.67. The highest BCUT2D eigenvalue weighted by atomic mass is 32.2. The lowest BCUT2D eigenvalue weighted by Gasteiger charge is -2.20. The zero-order chi connectivity index (χ0) is 22.7. The summed E-state index contributed by atoms with van der Waals surface area (Å²) in [6.45, 7) is 3.28. The third-order valence-corrected chi connectivity index (χ3v) is 7.73. The van der Waals surface area contributed by atoms with Gasteiger partial charge < -0.3 is 10.3 Å². The van der Waals surface area contributed by atoms with Gasteiger partial charge in [-0.15, -0.1) is 0 Å². The van der Waals surface area contributed by atoms with Gasteiger partial charge in [-0.05, 0) is 43.5 Å². The number of pyridine rings is 1. The second kappa shape index (κ2) is 9.26. The number of carbonyl (C=O) groups excluding carboxylic acids is 1. The van der Waals surface area contributed by atoms with Crippen molar-refractivity contribution in [3.63, 3.8) is 0 Å². The Morgan fingerprint density at radius 2 is 1.69 bits per heavy atom. The largest absolute Gasteiger partial charge is 0.348 e. The average molecular weight is 454 g/mol. The fourth-order valence-corrected chi connectivity index (χ4v) is 5.54. The van der Waals surface area contributed by atoms with Gasteiger partial charge in [-0.2, -0.15) is 4.31 Å². The Morgan fingerprint density at radius 3 is 2.38 bits per heavy atom. The molecule has 0 spiro atoms. The van der Waals surface area contributed by atoms with Crippen LogP contribution in [0.2, 0.25) is 0 Å². The van der Waals surface area contributed by atoms with Gasteiger partial charge in [-0.25, -0.2) is 8.42 Å². The van der Waals surface area contributed by atoms with E-state index in [0.717, 1.165) is 36.8 Å². The molecule has 32 heavy (non-hydrogen) atoms. The second-order valence-corrected chi connectivity index (χ2v) is 10.2. The maximum absolute atomic E-state index is 13.2. The molecule has 168 valence electrons. The number of nitrogens with one attached hydrogen (secondary N) is 2. The lowest BCUT2D eigenvalue weighted by molar-refractivity contribution is 0.0952. The van der Waals surface area contributed by atoms with E-state index >= 15 is 0 Å². The van der Waals surface area contributed by atoms with Gasteiger partial charge in [0.15, 0.2) is 0 Å². The predicted molar refractivity (Wildman–Crippen MR) is 124 cm³/mol. The smallest absolute Gasteiger partial charge is 0.252 e. The van der Waals surface area contributed by atoms with Crippen molar-refractivity contribution in [3.8, 4) is 0 Å². The molecule has 1 aliphatic heterocycles. The number of aromatic nitrogens is 1.